The molecule has 0 spiro atoms. The lowest BCUT2D eigenvalue weighted by molar-refractivity contribution is -0.143. The van der Waals surface area contributed by atoms with Gasteiger partial charge < -0.3 is 14.9 Å². The lowest BCUT2D eigenvalue weighted by atomic mass is 10.0. The van der Waals surface area contributed by atoms with Crippen molar-refractivity contribution in [2.24, 2.45) is 0 Å². The summed E-state index contributed by atoms with van der Waals surface area (Å²) in [5, 5.41) is 21.7. The molecule has 18 heavy (non-hydrogen) atoms. The molecular formula is C13H19NO4. The van der Waals surface area contributed by atoms with Gasteiger partial charge in [0.05, 0.1) is 13.2 Å². The van der Waals surface area contributed by atoms with Crippen LogP contribution in [0, 0.1) is 0 Å². The Kier molecular flexibility index (Phi) is 4.69. The highest BCUT2D eigenvalue weighted by Crippen LogP contribution is 2.19. The van der Waals surface area contributed by atoms with Crippen LogP contribution in [0.15, 0.2) is 24.3 Å². The molecule has 0 heterocycles. The summed E-state index contributed by atoms with van der Waals surface area (Å²) in [7, 11) is 1.55. The van der Waals surface area contributed by atoms with Gasteiger partial charge in [0.25, 0.3) is 0 Å². The van der Waals surface area contributed by atoms with Crippen LogP contribution >= 0.6 is 0 Å². The molecule has 1 aromatic rings. The van der Waals surface area contributed by atoms with Gasteiger partial charge in [0.15, 0.2) is 0 Å². The molecule has 0 radical (unpaired) electrons. The van der Waals surface area contributed by atoms with Gasteiger partial charge in [0, 0.05) is 6.54 Å². The van der Waals surface area contributed by atoms with Gasteiger partial charge in [-0.25, -0.2) is 0 Å². The number of aliphatic hydroxyl groups is 1. The second kappa shape index (κ2) is 5.84. The molecule has 0 amide bonds. The summed E-state index contributed by atoms with van der Waals surface area (Å²) >= 11 is 0. The molecule has 0 bridgehead atoms. The lowest BCUT2D eigenvalue weighted by Crippen LogP contribution is -2.48. The van der Waals surface area contributed by atoms with Crippen molar-refractivity contribution in [3.63, 3.8) is 0 Å². The van der Waals surface area contributed by atoms with Gasteiger partial charge in [-0.05, 0) is 31.5 Å². The van der Waals surface area contributed by atoms with Crippen LogP contribution < -0.4 is 10.1 Å². The minimum atomic E-state index is -1.07. The van der Waals surface area contributed by atoms with E-state index in [0.717, 1.165) is 0 Å². The number of carboxylic acid groups (broad SMARTS) is 1. The molecule has 0 saturated carbocycles. The van der Waals surface area contributed by atoms with E-state index in [1.165, 1.54) is 0 Å². The number of β-amino-alcohol motifs (C(OH)–C–C–N with tert-alkyl or cyclic N) is 1. The first-order valence-electron chi connectivity index (χ1n) is 5.67. The highest BCUT2D eigenvalue weighted by molar-refractivity contribution is 5.77. The number of methoxy groups -OCH3 is 1. The van der Waals surface area contributed by atoms with Gasteiger partial charge in [-0.3, -0.25) is 10.1 Å². The largest absolute Gasteiger partial charge is 0.497 e. The van der Waals surface area contributed by atoms with Crippen molar-refractivity contribution in [1.29, 1.82) is 0 Å². The fraction of sp³-hybridized carbons (Fsp3) is 0.462. The fourth-order valence-corrected chi connectivity index (χ4v) is 1.39. The number of hydrogen-bond acceptors (Lipinski definition) is 4. The molecule has 1 unspecified atom stereocenters. The van der Waals surface area contributed by atoms with Crippen molar-refractivity contribution in [3.8, 4) is 5.75 Å². The average Bonchev–Trinajstić information content (AvgIpc) is 2.36. The van der Waals surface area contributed by atoms with E-state index < -0.39 is 17.6 Å². The summed E-state index contributed by atoms with van der Waals surface area (Å²) in [6.07, 6.45) is -0.779. The molecule has 100 valence electrons. The summed E-state index contributed by atoms with van der Waals surface area (Å²) in [6, 6.07) is 7.05. The molecule has 5 nitrogen and oxygen atoms in total. The average molecular weight is 253 g/mol. The van der Waals surface area contributed by atoms with Crippen molar-refractivity contribution in [2.45, 2.75) is 25.5 Å². The number of aliphatic hydroxyl groups excluding tert-OH is 1. The Bertz CT molecular complexity index is 417. The number of carboxylic acids is 1. The van der Waals surface area contributed by atoms with Crippen LogP contribution in [0.25, 0.3) is 0 Å². The molecule has 0 aliphatic rings. The minimum absolute atomic E-state index is 0.159. The number of benzene rings is 1. The van der Waals surface area contributed by atoms with E-state index in [0.29, 0.717) is 11.3 Å². The Morgan fingerprint density at radius 1 is 1.50 bits per heavy atom. The molecular weight excluding hydrogens is 234 g/mol. The van der Waals surface area contributed by atoms with Gasteiger partial charge in [-0.2, -0.15) is 0 Å². The monoisotopic (exact) mass is 253 g/mol. The molecule has 0 fully saturated rings. The Morgan fingerprint density at radius 3 is 2.72 bits per heavy atom. The molecule has 0 aliphatic heterocycles. The van der Waals surface area contributed by atoms with E-state index in [4.69, 9.17) is 9.84 Å². The van der Waals surface area contributed by atoms with E-state index >= 15 is 0 Å². The highest BCUT2D eigenvalue weighted by Gasteiger charge is 2.27. The predicted octanol–water partition coefficient (Wildman–Crippen LogP) is 1.18. The van der Waals surface area contributed by atoms with Crippen LogP contribution in [0.5, 0.6) is 5.75 Å². The van der Waals surface area contributed by atoms with Crippen LogP contribution in [0.2, 0.25) is 0 Å². The molecule has 3 N–H and O–H groups in total. The zero-order valence-electron chi connectivity index (χ0n) is 10.8. The van der Waals surface area contributed by atoms with Crippen LogP contribution in [0.1, 0.15) is 25.5 Å². The van der Waals surface area contributed by atoms with Crippen LogP contribution in [-0.4, -0.2) is 35.4 Å². The second-order valence-corrected chi connectivity index (χ2v) is 4.60. The summed E-state index contributed by atoms with van der Waals surface area (Å²) in [5.41, 5.74) is -0.386. The van der Waals surface area contributed by atoms with Crippen molar-refractivity contribution >= 4 is 5.97 Å². The van der Waals surface area contributed by atoms with Gasteiger partial charge in [-0.1, -0.05) is 12.1 Å². The topological polar surface area (TPSA) is 78.8 Å². The minimum Gasteiger partial charge on any atom is -0.497 e. The van der Waals surface area contributed by atoms with Crippen LogP contribution in [-0.2, 0) is 4.79 Å². The highest BCUT2D eigenvalue weighted by atomic mass is 16.5. The van der Waals surface area contributed by atoms with Gasteiger partial charge >= 0.3 is 5.97 Å². The standard InChI is InChI=1S/C13H19NO4/c1-13(2,12(16)17)14-8-11(15)9-5-4-6-10(7-9)18-3/h4-7,11,14-15H,8H2,1-3H3,(H,16,17). The molecule has 0 aliphatic carbocycles. The molecule has 5 heteroatoms. The lowest BCUT2D eigenvalue weighted by Gasteiger charge is -2.23. The normalized spacial score (nSPS) is 13.1. The third kappa shape index (κ3) is 3.72. The van der Waals surface area contributed by atoms with Gasteiger partial charge in [0.2, 0.25) is 0 Å². The number of ether oxygens (including phenoxy) is 1. The second-order valence-electron chi connectivity index (χ2n) is 4.60. The van der Waals surface area contributed by atoms with Crippen molar-refractivity contribution in [3.05, 3.63) is 29.8 Å². The number of hydrogen-bond donors (Lipinski definition) is 3. The summed E-state index contributed by atoms with van der Waals surface area (Å²) < 4.78 is 5.06. The van der Waals surface area contributed by atoms with E-state index in [1.54, 1.807) is 45.2 Å². The van der Waals surface area contributed by atoms with Crippen LogP contribution in [0.4, 0.5) is 0 Å². The summed E-state index contributed by atoms with van der Waals surface area (Å²) in [5.74, 6) is -0.301. The number of aliphatic carboxylic acids is 1. The van der Waals surface area contributed by atoms with Gasteiger partial charge in [0.1, 0.15) is 11.3 Å². The first kappa shape index (κ1) is 14.5. The SMILES string of the molecule is COc1cccc(C(O)CNC(C)(C)C(=O)O)c1. The third-order valence-corrected chi connectivity index (χ3v) is 2.75. The van der Waals surface area contributed by atoms with E-state index in [9.17, 15) is 9.90 Å². The Labute approximate surface area is 106 Å². The first-order chi connectivity index (χ1) is 8.36. The first-order valence-corrected chi connectivity index (χ1v) is 5.67. The van der Waals surface area contributed by atoms with Crippen molar-refractivity contribution < 1.29 is 19.7 Å². The smallest absolute Gasteiger partial charge is 0.323 e. The number of nitrogens with one attached hydrogen (secondary N) is 1. The third-order valence-electron chi connectivity index (χ3n) is 2.75. The zero-order valence-corrected chi connectivity index (χ0v) is 10.8. The number of carbonyl (C=O) groups is 1. The molecule has 1 atom stereocenters. The Morgan fingerprint density at radius 2 is 2.17 bits per heavy atom. The summed E-state index contributed by atoms with van der Waals surface area (Å²) in [6.45, 7) is 3.26. The van der Waals surface area contributed by atoms with E-state index in [1.807, 2.05) is 0 Å². The maximum atomic E-state index is 10.9. The van der Waals surface area contributed by atoms with Crippen LogP contribution in [0.3, 0.4) is 0 Å². The predicted molar refractivity (Wildman–Crippen MR) is 67.7 cm³/mol. The zero-order chi connectivity index (χ0) is 13.8. The van der Waals surface area contributed by atoms with Crippen molar-refractivity contribution in [2.75, 3.05) is 13.7 Å². The molecule has 1 aromatic carbocycles. The number of rotatable bonds is 6. The summed E-state index contributed by atoms with van der Waals surface area (Å²) in [4.78, 5) is 10.9. The molecule has 0 aromatic heterocycles. The molecule has 1 rings (SSSR count). The maximum absolute atomic E-state index is 10.9. The van der Waals surface area contributed by atoms with E-state index in [-0.39, 0.29) is 6.54 Å². The maximum Gasteiger partial charge on any atom is 0.323 e. The quantitative estimate of drug-likeness (QED) is 0.709. The van der Waals surface area contributed by atoms with Gasteiger partial charge in [-0.15, -0.1) is 0 Å². The fourth-order valence-electron chi connectivity index (χ4n) is 1.39. The molecule has 0 saturated heterocycles. The van der Waals surface area contributed by atoms with Crippen molar-refractivity contribution in [1.82, 2.24) is 5.32 Å². The van der Waals surface area contributed by atoms with E-state index in [2.05, 4.69) is 5.32 Å². The Hall–Kier alpha value is -1.59. The Balaban J connectivity index is 2.65.